The van der Waals surface area contributed by atoms with Crippen LogP contribution in [0.3, 0.4) is 0 Å². The van der Waals surface area contributed by atoms with Crippen LogP contribution in [0.25, 0.3) is 27.9 Å². The van der Waals surface area contributed by atoms with Gasteiger partial charge < -0.3 is 23.5 Å². The van der Waals surface area contributed by atoms with Crippen molar-refractivity contribution in [2.45, 2.75) is 52.7 Å². The highest BCUT2D eigenvalue weighted by molar-refractivity contribution is 9.10. The van der Waals surface area contributed by atoms with Gasteiger partial charge in [-0.25, -0.2) is 9.97 Å². The van der Waals surface area contributed by atoms with Crippen molar-refractivity contribution in [3.05, 3.63) is 131 Å². The first kappa shape index (κ1) is 46.0. The normalized spacial score (nSPS) is 13.5. The molecular weight excluding hydrogens is 841 g/mol. The Hall–Kier alpha value is -6.04. The van der Waals surface area contributed by atoms with E-state index in [1.54, 1.807) is 69.8 Å². The first-order valence-corrected chi connectivity index (χ1v) is 20.3. The van der Waals surface area contributed by atoms with Crippen LogP contribution < -0.4 is 25.2 Å². The van der Waals surface area contributed by atoms with Crippen LogP contribution in [-0.2, 0) is 30.5 Å². The lowest BCUT2D eigenvalue weighted by Crippen LogP contribution is -2.41. The van der Waals surface area contributed by atoms with Gasteiger partial charge in [-0.15, -0.1) is 0 Å². The molecule has 17 heteroatoms. The molecule has 0 N–H and O–H groups in total. The van der Waals surface area contributed by atoms with Gasteiger partial charge in [0.2, 0.25) is 11.8 Å². The van der Waals surface area contributed by atoms with Crippen molar-refractivity contribution < 1.29 is 23.5 Å². The molecule has 1 aromatic carbocycles. The van der Waals surface area contributed by atoms with Crippen LogP contribution in [0.5, 0.6) is 17.5 Å². The van der Waals surface area contributed by atoms with Gasteiger partial charge >= 0.3 is 7.12 Å². The first-order valence-electron chi connectivity index (χ1n) is 19.5. The minimum absolute atomic E-state index is 0.0649. The number of methoxy groups -OCH3 is 2. The number of ether oxygens (including phenoxy) is 3. The molecule has 0 saturated carbocycles. The molecule has 7 heterocycles. The Balaban J connectivity index is 0.000000162. The quantitative estimate of drug-likeness (QED) is 0.145. The summed E-state index contributed by atoms with van der Waals surface area (Å²) in [5, 5.41) is 12.4. The van der Waals surface area contributed by atoms with Gasteiger partial charge in [0.15, 0.2) is 0 Å². The van der Waals surface area contributed by atoms with E-state index in [0.717, 1.165) is 49.2 Å². The lowest BCUT2D eigenvalue weighted by molar-refractivity contribution is 0.00578. The van der Waals surface area contributed by atoms with E-state index in [1.165, 1.54) is 0 Å². The number of halogens is 1. The van der Waals surface area contributed by atoms with Gasteiger partial charge in [0.1, 0.15) is 5.75 Å². The summed E-state index contributed by atoms with van der Waals surface area (Å²) < 4.78 is 35.0. The van der Waals surface area contributed by atoms with Crippen LogP contribution in [0.4, 0.5) is 0 Å². The van der Waals surface area contributed by atoms with Crippen LogP contribution in [-0.4, -0.2) is 83.0 Å². The minimum Gasteiger partial charge on any atom is -0.494 e. The van der Waals surface area contributed by atoms with Gasteiger partial charge in [-0.3, -0.25) is 23.4 Å². The molecule has 15 nitrogen and oxygen atoms in total. The Morgan fingerprint density at radius 1 is 0.672 bits per heavy atom. The van der Waals surface area contributed by atoms with Gasteiger partial charge in [-0.05, 0) is 99.4 Å². The van der Waals surface area contributed by atoms with Crippen molar-refractivity contribution >= 4 is 28.5 Å². The monoisotopic (exact) mass is 893 g/mol. The van der Waals surface area contributed by atoms with Gasteiger partial charge in [0.05, 0.1) is 50.1 Å². The summed E-state index contributed by atoms with van der Waals surface area (Å²) in [6.45, 7) is 12.7. The van der Waals surface area contributed by atoms with Gasteiger partial charge in [0.25, 0.3) is 5.56 Å². The summed E-state index contributed by atoms with van der Waals surface area (Å²) in [5.41, 5.74) is 6.20. The van der Waals surface area contributed by atoms with Crippen molar-refractivity contribution in [2.75, 3.05) is 20.8 Å². The largest absolute Gasteiger partial charge is 0.498 e. The third kappa shape index (κ3) is 12.3. The van der Waals surface area contributed by atoms with Crippen molar-refractivity contribution in [3.8, 4) is 45.5 Å². The van der Waals surface area contributed by atoms with Crippen LogP contribution in [0, 0.1) is 6.92 Å². The molecule has 1 saturated heterocycles. The van der Waals surface area contributed by atoms with E-state index in [-0.39, 0.29) is 23.9 Å². The summed E-state index contributed by atoms with van der Waals surface area (Å²) in [7, 11) is 8.54. The second-order valence-electron chi connectivity index (χ2n) is 15.0. The smallest absolute Gasteiger partial charge is 0.494 e. The summed E-state index contributed by atoms with van der Waals surface area (Å²) in [6.07, 6.45) is 16.5. The van der Waals surface area contributed by atoms with Crippen molar-refractivity contribution in [3.63, 3.8) is 0 Å². The number of hydrogen-bond donors (Lipinski definition) is 0. The Bertz CT molecular complexity index is 2520. The zero-order chi connectivity index (χ0) is 44.3. The summed E-state index contributed by atoms with van der Waals surface area (Å²) in [4.78, 5) is 20.3. The molecule has 0 bridgehead atoms. The molecule has 0 atom stereocenters. The molecular formula is C44H53BBrN9O6. The first-order chi connectivity index (χ1) is 29.0. The average molecular weight is 895 g/mol. The molecule has 0 amide bonds. The summed E-state index contributed by atoms with van der Waals surface area (Å²) in [5.74, 6) is 2.07. The SMILES string of the molecule is CCOc1ccc(-n2cc(-c3cnn(C)c3)ccc2=O)c(C)c1.COc1ccc(-c2cnn(C)c2)cn1.COc1ccc(Br)cn1.Cn1cc(B2OC(C)(C)C(C)(C)O2)cn1. The number of hydrogen-bond acceptors (Lipinski definition) is 11. The maximum atomic E-state index is 12.3. The molecule has 0 unspecified atom stereocenters. The Labute approximate surface area is 365 Å². The van der Waals surface area contributed by atoms with E-state index in [0.29, 0.717) is 18.4 Å². The fourth-order valence-corrected chi connectivity index (χ4v) is 6.07. The second-order valence-corrected chi connectivity index (χ2v) is 15.9. The minimum atomic E-state index is -0.302. The highest BCUT2D eigenvalue weighted by Crippen LogP contribution is 2.36. The third-order valence-electron chi connectivity index (χ3n) is 9.83. The highest BCUT2D eigenvalue weighted by Gasteiger charge is 2.52. The maximum Gasteiger partial charge on any atom is 0.498 e. The van der Waals surface area contributed by atoms with Crippen LogP contribution >= 0.6 is 15.9 Å². The number of rotatable bonds is 8. The van der Waals surface area contributed by atoms with E-state index in [2.05, 4.69) is 41.2 Å². The fraction of sp³-hybridized carbons (Fsp3) is 0.318. The number of nitrogens with zero attached hydrogens (tertiary/aromatic N) is 9. The zero-order valence-corrected chi connectivity index (χ0v) is 38.1. The third-order valence-corrected chi connectivity index (χ3v) is 10.3. The molecule has 0 spiro atoms. The van der Waals surface area contributed by atoms with Crippen molar-refractivity contribution in [1.29, 1.82) is 0 Å². The number of aryl methyl sites for hydroxylation is 4. The second kappa shape index (κ2) is 20.5. The fourth-order valence-electron chi connectivity index (χ4n) is 5.84. The molecule has 1 fully saturated rings. The van der Waals surface area contributed by atoms with Crippen molar-refractivity contribution in [1.82, 2.24) is 43.9 Å². The Kier molecular flexibility index (Phi) is 15.5. The molecule has 0 aliphatic carbocycles. The lowest BCUT2D eigenvalue weighted by Gasteiger charge is -2.32. The molecule has 61 heavy (non-hydrogen) atoms. The van der Waals surface area contributed by atoms with Crippen molar-refractivity contribution in [2.24, 2.45) is 21.1 Å². The predicted molar refractivity (Wildman–Crippen MR) is 241 cm³/mol. The average Bonchev–Trinajstić information content (AvgIpc) is 4.03. The summed E-state index contributed by atoms with van der Waals surface area (Å²) >= 11 is 3.26. The van der Waals surface area contributed by atoms with E-state index < -0.39 is 0 Å². The molecule has 8 rings (SSSR count). The van der Waals surface area contributed by atoms with E-state index >= 15 is 0 Å². The highest BCUT2D eigenvalue weighted by atomic mass is 79.9. The van der Waals surface area contributed by atoms with Crippen LogP contribution in [0.15, 0.2) is 120 Å². The lowest BCUT2D eigenvalue weighted by atomic mass is 9.82. The predicted octanol–water partition coefficient (Wildman–Crippen LogP) is 7.01. The maximum absolute atomic E-state index is 12.3. The summed E-state index contributed by atoms with van der Waals surface area (Å²) in [6, 6.07) is 16.6. The van der Waals surface area contributed by atoms with E-state index in [9.17, 15) is 4.79 Å². The van der Waals surface area contributed by atoms with E-state index in [1.807, 2.05) is 136 Å². The molecule has 0 radical (unpaired) electrons. The van der Waals surface area contributed by atoms with Gasteiger partial charge in [-0.1, -0.05) is 0 Å². The Morgan fingerprint density at radius 2 is 1.23 bits per heavy atom. The van der Waals surface area contributed by atoms with Gasteiger partial charge in [0, 0.05) is 115 Å². The van der Waals surface area contributed by atoms with E-state index in [4.69, 9.17) is 23.5 Å². The molecule has 320 valence electrons. The van der Waals surface area contributed by atoms with Gasteiger partial charge in [-0.2, -0.15) is 15.3 Å². The van der Waals surface area contributed by atoms with Crippen LogP contribution in [0.1, 0.15) is 40.2 Å². The molecule has 7 aromatic rings. The molecule has 6 aromatic heterocycles. The number of pyridine rings is 3. The molecule has 1 aliphatic rings. The topological polar surface area (TPSA) is 147 Å². The molecule has 1 aliphatic heterocycles. The standard InChI is InChI=1S/C18H19N3O2.C10H17BN2O2.C10H11N3O.C6H6BrNO/c1-4-23-16-6-7-17(13(2)9-16)21-12-14(5-8-18(21)22)15-10-19-20(3)11-15;1-9(2)10(3,4)15-11(14-9)8-6-12-13(5)7-8;1-13-7-9(6-12-13)8-3-4-10(14-2)11-5-8;1-9-6-3-2-5(7)4-8-6/h5-12H,4H2,1-3H3;6-7H,1-5H3;3-7H,1-2H3;2-4H,1H3. The Morgan fingerprint density at radius 3 is 1.70 bits per heavy atom. The zero-order valence-electron chi connectivity index (χ0n) is 36.5. The van der Waals surface area contributed by atoms with Crippen LogP contribution in [0.2, 0.25) is 0 Å². The number of aromatic nitrogens is 9. The number of benzene rings is 1.